The normalized spacial score (nSPS) is 22.6. The third-order valence-corrected chi connectivity index (χ3v) is 4.59. The summed E-state index contributed by atoms with van der Waals surface area (Å²) in [6, 6.07) is 3.17. The Balaban J connectivity index is 1.63. The van der Waals surface area contributed by atoms with E-state index in [0.717, 1.165) is 38.0 Å². The van der Waals surface area contributed by atoms with E-state index in [9.17, 15) is 9.59 Å². The second-order valence-corrected chi connectivity index (χ2v) is 6.25. The molecule has 3 amide bonds. The fourth-order valence-electron chi connectivity index (χ4n) is 3.29. The van der Waals surface area contributed by atoms with E-state index in [1.54, 1.807) is 17.3 Å². The lowest BCUT2D eigenvalue weighted by Crippen LogP contribution is -2.55. The SMILES string of the molecule is O=C(NC1CCCN(c2cccnc2)C1=O)N1CCCCCC1. The summed E-state index contributed by atoms with van der Waals surface area (Å²) < 4.78 is 0. The van der Waals surface area contributed by atoms with Gasteiger partial charge in [0.2, 0.25) is 5.91 Å². The minimum Gasteiger partial charge on any atom is -0.326 e. The molecule has 2 aliphatic heterocycles. The van der Waals surface area contributed by atoms with Gasteiger partial charge in [0.05, 0.1) is 11.9 Å². The van der Waals surface area contributed by atoms with Gasteiger partial charge >= 0.3 is 6.03 Å². The third-order valence-electron chi connectivity index (χ3n) is 4.59. The highest BCUT2D eigenvalue weighted by molar-refractivity contribution is 5.99. The number of hydrogen-bond donors (Lipinski definition) is 1. The van der Waals surface area contributed by atoms with Crippen molar-refractivity contribution < 1.29 is 9.59 Å². The van der Waals surface area contributed by atoms with E-state index in [1.807, 2.05) is 17.0 Å². The van der Waals surface area contributed by atoms with Crippen LogP contribution in [0.25, 0.3) is 0 Å². The maximum Gasteiger partial charge on any atom is 0.318 e. The number of urea groups is 1. The van der Waals surface area contributed by atoms with Crippen LogP contribution in [0.15, 0.2) is 24.5 Å². The maximum atomic E-state index is 12.7. The molecule has 124 valence electrons. The number of anilines is 1. The first-order valence-corrected chi connectivity index (χ1v) is 8.52. The number of piperidine rings is 1. The van der Waals surface area contributed by atoms with Crippen molar-refractivity contribution in [3.63, 3.8) is 0 Å². The Morgan fingerprint density at radius 2 is 1.91 bits per heavy atom. The molecule has 23 heavy (non-hydrogen) atoms. The van der Waals surface area contributed by atoms with Crippen molar-refractivity contribution in [2.24, 2.45) is 0 Å². The van der Waals surface area contributed by atoms with Gasteiger partial charge in [0.25, 0.3) is 0 Å². The summed E-state index contributed by atoms with van der Waals surface area (Å²) in [6.07, 6.45) is 9.43. The second kappa shape index (κ2) is 7.44. The van der Waals surface area contributed by atoms with Gasteiger partial charge in [-0.3, -0.25) is 9.78 Å². The van der Waals surface area contributed by atoms with Crippen LogP contribution in [0.5, 0.6) is 0 Å². The Bertz CT molecular complexity index is 541. The summed E-state index contributed by atoms with van der Waals surface area (Å²) in [7, 11) is 0. The largest absolute Gasteiger partial charge is 0.326 e. The van der Waals surface area contributed by atoms with Gasteiger partial charge in [-0.15, -0.1) is 0 Å². The van der Waals surface area contributed by atoms with E-state index in [-0.39, 0.29) is 11.9 Å². The van der Waals surface area contributed by atoms with Crippen LogP contribution in [-0.4, -0.2) is 47.5 Å². The third kappa shape index (κ3) is 3.81. The number of amides is 3. The van der Waals surface area contributed by atoms with E-state index in [2.05, 4.69) is 10.3 Å². The first kappa shape index (κ1) is 15.8. The number of hydrogen-bond acceptors (Lipinski definition) is 3. The predicted octanol–water partition coefficient (Wildman–Crippen LogP) is 2.16. The van der Waals surface area contributed by atoms with E-state index < -0.39 is 6.04 Å². The summed E-state index contributed by atoms with van der Waals surface area (Å²) in [5.74, 6) is -0.0348. The topological polar surface area (TPSA) is 65.5 Å². The molecule has 1 unspecified atom stereocenters. The van der Waals surface area contributed by atoms with Crippen molar-refractivity contribution in [3.8, 4) is 0 Å². The highest BCUT2D eigenvalue weighted by atomic mass is 16.2. The van der Waals surface area contributed by atoms with Crippen molar-refractivity contribution >= 4 is 17.6 Å². The van der Waals surface area contributed by atoms with Crippen LogP contribution in [0.4, 0.5) is 10.5 Å². The van der Waals surface area contributed by atoms with Crippen LogP contribution < -0.4 is 10.2 Å². The molecule has 3 rings (SSSR count). The lowest BCUT2D eigenvalue weighted by atomic mass is 10.0. The summed E-state index contributed by atoms with van der Waals surface area (Å²) in [5.41, 5.74) is 0.797. The van der Waals surface area contributed by atoms with Gasteiger partial charge in [0.1, 0.15) is 6.04 Å². The molecule has 2 aliphatic rings. The summed E-state index contributed by atoms with van der Waals surface area (Å²) in [4.78, 5) is 32.8. The molecule has 6 nitrogen and oxygen atoms in total. The monoisotopic (exact) mass is 316 g/mol. The number of pyridine rings is 1. The molecule has 6 heteroatoms. The van der Waals surface area contributed by atoms with Gasteiger partial charge in [0, 0.05) is 25.8 Å². The van der Waals surface area contributed by atoms with E-state index in [0.29, 0.717) is 13.0 Å². The zero-order chi connectivity index (χ0) is 16.1. The maximum absolute atomic E-state index is 12.7. The Labute approximate surface area is 136 Å². The number of carbonyl (C=O) groups is 2. The first-order valence-electron chi connectivity index (χ1n) is 8.52. The van der Waals surface area contributed by atoms with Crippen molar-refractivity contribution in [1.82, 2.24) is 15.2 Å². The van der Waals surface area contributed by atoms with Gasteiger partial charge in [-0.25, -0.2) is 4.79 Å². The Morgan fingerprint density at radius 3 is 2.61 bits per heavy atom. The van der Waals surface area contributed by atoms with Gasteiger partial charge < -0.3 is 15.1 Å². The van der Waals surface area contributed by atoms with E-state index in [1.165, 1.54) is 12.8 Å². The molecule has 1 N–H and O–H groups in total. The first-order chi connectivity index (χ1) is 11.3. The Kier molecular flexibility index (Phi) is 5.10. The average Bonchev–Trinajstić information content (AvgIpc) is 2.87. The highest BCUT2D eigenvalue weighted by Gasteiger charge is 2.32. The molecule has 3 heterocycles. The zero-order valence-corrected chi connectivity index (χ0v) is 13.4. The minimum atomic E-state index is -0.431. The summed E-state index contributed by atoms with van der Waals surface area (Å²) in [5, 5.41) is 2.94. The Hall–Kier alpha value is -2.11. The van der Waals surface area contributed by atoms with Crippen molar-refractivity contribution in [1.29, 1.82) is 0 Å². The molecular weight excluding hydrogens is 292 g/mol. The lowest BCUT2D eigenvalue weighted by Gasteiger charge is -2.33. The molecule has 0 spiro atoms. The molecule has 0 aliphatic carbocycles. The highest BCUT2D eigenvalue weighted by Crippen LogP contribution is 2.20. The standard InChI is InChI=1S/C17H24N4O2/c22-16-15(19-17(23)20-10-3-1-2-4-11-20)8-6-12-21(16)14-7-5-9-18-13-14/h5,7,9,13,15H,1-4,6,8,10-12H2,(H,19,23). The quantitative estimate of drug-likeness (QED) is 0.909. The molecule has 0 saturated carbocycles. The van der Waals surface area contributed by atoms with Crippen molar-refractivity contribution in [2.75, 3.05) is 24.5 Å². The molecule has 1 atom stereocenters. The van der Waals surface area contributed by atoms with Gasteiger partial charge in [-0.2, -0.15) is 0 Å². The molecule has 1 aromatic heterocycles. The van der Waals surface area contributed by atoms with Crippen molar-refractivity contribution in [3.05, 3.63) is 24.5 Å². The van der Waals surface area contributed by atoms with Crippen LogP contribution in [0.1, 0.15) is 38.5 Å². The van der Waals surface area contributed by atoms with E-state index >= 15 is 0 Å². The van der Waals surface area contributed by atoms with Gasteiger partial charge in [-0.05, 0) is 37.8 Å². The lowest BCUT2D eigenvalue weighted by molar-refractivity contribution is -0.121. The van der Waals surface area contributed by atoms with Crippen LogP contribution in [0.2, 0.25) is 0 Å². The molecule has 0 bridgehead atoms. The number of nitrogens with zero attached hydrogens (tertiary/aromatic N) is 3. The number of aromatic nitrogens is 1. The second-order valence-electron chi connectivity index (χ2n) is 6.25. The predicted molar refractivity (Wildman–Crippen MR) is 88.2 cm³/mol. The molecule has 0 aromatic carbocycles. The van der Waals surface area contributed by atoms with Crippen LogP contribution >= 0.6 is 0 Å². The fraction of sp³-hybridized carbons (Fsp3) is 0.588. The Morgan fingerprint density at radius 1 is 1.13 bits per heavy atom. The van der Waals surface area contributed by atoms with Crippen LogP contribution in [0, 0.1) is 0 Å². The smallest absolute Gasteiger partial charge is 0.318 e. The molecule has 2 saturated heterocycles. The molecular formula is C17H24N4O2. The average molecular weight is 316 g/mol. The molecule has 0 radical (unpaired) electrons. The minimum absolute atomic E-state index is 0.0348. The number of carbonyl (C=O) groups excluding carboxylic acids is 2. The number of nitrogens with one attached hydrogen (secondary N) is 1. The van der Waals surface area contributed by atoms with Crippen molar-refractivity contribution in [2.45, 2.75) is 44.6 Å². The molecule has 2 fully saturated rings. The number of likely N-dealkylation sites (tertiary alicyclic amines) is 1. The molecule has 1 aromatic rings. The van der Waals surface area contributed by atoms with Gasteiger partial charge in [-0.1, -0.05) is 12.8 Å². The summed E-state index contributed by atoms with van der Waals surface area (Å²) in [6.45, 7) is 2.26. The zero-order valence-electron chi connectivity index (χ0n) is 13.4. The van der Waals surface area contributed by atoms with E-state index in [4.69, 9.17) is 0 Å². The van der Waals surface area contributed by atoms with Gasteiger partial charge in [0.15, 0.2) is 0 Å². The van der Waals surface area contributed by atoms with Crippen LogP contribution in [-0.2, 0) is 4.79 Å². The van der Waals surface area contributed by atoms with Crippen LogP contribution in [0.3, 0.4) is 0 Å². The summed E-state index contributed by atoms with van der Waals surface area (Å²) >= 11 is 0. The fourth-order valence-corrected chi connectivity index (χ4v) is 3.29. The number of rotatable bonds is 2.